The highest BCUT2D eigenvalue weighted by Crippen LogP contribution is 2.13. The zero-order valence-electron chi connectivity index (χ0n) is 7.37. The maximum Gasteiger partial charge on any atom is 0.394 e. The monoisotopic (exact) mass is 197 g/mol. The Morgan fingerprint density at radius 1 is 1.43 bits per heavy atom. The molecular weight excluding hydrogens is 189 g/mol. The van der Waals surface area contributed by atoms with E-state index >= 15 is 0 Å². The van der Waals surface area contributed by atoms with Crippen molar-refractivity contribution in [2.75, 3.05) is 5.32 Å². The largest absolute Gasteiger partial charge is 0.474 e. The second-order valence-corrected chi connectivity index (χ2v) is 2.72. The molecule has 0 heterocycles. The van der Waals surface area contributed by atoms with Crippen molar-refractivity contribution in [3.05, 3.63) is 29.6 Å². The number of aliphatic carboxylic acids is 1. The van der Waals surface area contributed by atoms with E-state index < -0.39 is 17.7 Å². The summed E-state index contributed by atoms with van der Waals surface area (Å²) in [4.78, 5) is 20.9. The van der Waals surface area contributed by atoms with Gasteiger partial charge in [-0.15, -0.1) is 0 Å². The molecule has 2 N–H and O–H groups in total. The lowest BCUT2D eigenvalue weighted by molar-refractivity contribution is -0.147. The Morgan fingerprint density at radius 3 is 2.57 bits per heavy atom. The van der Waals surface area contributed by atoms with Gasteiger partial charge in [0, 0.05) is 5.69 Å². The first kappa shape index (κ1) is 10.2. The number of carbonyl (C=O) groups is 2. The Hall–Kier alpha value is -1.91. The van der Waals surface area contributed by atoms with Gasteiger partial charge in [-0.3, -0.25) is 4.79 Å². The molecule has 0 aliphatic rings. The van der Waals surface area contributed by atoms with E-state index in [1.54, 1.807) is 0 Å². The number of anilines is 1. The fourth-order valence-electron chi connectivity index (χ4n) is 0.907. The molecule has 0 saturated heterocycles. The normalized spacial score (nSPS) is 9.57. The second-order valence-electron chi connectivity index (χ2n) is 2.72. The third kappa shape index (κ3) is 2.29. The molecule has 0 aliphatic heterocycles. The maximum absolute atomic E-state index is 12.8. The van der Waals surface area contributed by atoms with Gasteiger partial charge in [-0.25, -0.2) is 9.18 Å². The number of carboxylic acid groups (broad SMARTS) is 1. The standard InChI is InChI=1S/C9H8FNO3/c1-5-4-6(2-3-7(5)10)11-8(12)9(13)14/h2-4H,1H3,(H,11,12)(H,13,14). The molecule has 0 bridgehead atoms. The first-order chi connectivity index (χ1) is 6.50. The van der Waals surface area contributed by atoms with E-state index in [1.807, 2.05) is 0 Å². The van der Waals surface area contributed by atoms with Gasteiger partial charge in [0.15, 0.2) is 0 Å². The van der Waals surface area contributed by atoms with E-state index in [2.05, 4.69) is 5.32 Å². The van der Waals surface area contributed by atoms with Crippen LogP contribution in [0.15, 0.2) is 18.2 Å². The smallest absolute Gasteiger partial charge is 0.394 e. The second kappa shape index (κ2) is 3.87. The van der Waals surface area contributed by atoms with Gasteiger partial charge in [0.2, 0.25) is 0 Å². The molecule has 0 saturated carbocycles. The molecule has 4 nitrogen and oxygen atoms in total. The summed E-state index contributed by atoms with van der Waals surface area (Å²) in [6.45, 7) is 1.52. The highest BCUT2D eigenvalue weighted by atomic mass is 19.1. The van der Waals surface area contributed by atoms with Crippen molar-refractivity contribution in [2.45, 2.75) is 6.92 Å². The number of rotatable bonds is 1. The fourth-order valence-corrected chi connectivity index (χ4v) is 0.907. The Kier molecular flexibility index (Phi) is 2.81. The van der Waals surface area contributed by atoms with Gasteiger partial charge in [-0.1, -0.05) is 0 Å². The average Bonchev–Trinajstić information content (AvgIpc) is 2.11. The van der Waals surface area contributed by atoms with E-state index in [9.17, 15) is 14.0 Å². The van der Waals surface area contributed by atoms with Crippen LogP contribution in [-0.4, -0.2) is 17.0 Å². The van der Waals surface area contributed by atoms with Gasteiger partial charge in [0.05, 0.1) is 0 Å². The molecule has 0 atom stereocenters. The lowest BCUT2D eigenvalue weighted by Gasteiger charge is -2.03. The lowest BCUT2D eigenvalue weighted by atomic mass is 10.2. The van der Waals surface area contributed by atoms with Crippen molar-refractivity contribution >= 4 is 17.6 Å². The Labute approximate surface area is 79.4 Å². The number of hydrogen-bond acceptors (Lipinski definition) is 2. The SMILES string of the molecule is Cc1cc(NC(=O)C(=O)O)ccc1F. The van der Waals surface area contributed by atoms with Gasteiger partial charge in [-0.05, 0) is 30.7 Å². The molecule has 1 amide bonds. The van der Waals surface area contributed by atoms with Crippen LogP contribution in [0.2, 0.25) is 0 Å². The number of amides is 1. The molecule has 5 heteroatoms. The predicted molar refractivity (Wildman–Crippen MR) is 47.4 cm³/mol. The Bertz CT molecular complexity index is 390. The highest BCUT2D eigenvalue weighted by molar-refractivity contribution is 6.36. The Morgan fingerprint density at radius 2 is 2.07 bits per heavy atom. The van der Waals surface area contributed by atoms with Gasteiger partial charge >= 0.3 is 11.9 Å². The van der Waals surface area contributed by atoms with E-state index in [-0.39, 0.29) is 5.69 Å². The molecular formula is C9H8FNO3. The molecule has 0 radical (unpaired) electrons. The number of carboxylic acids is 1. The molecule has 0 spiro atoms. The van der Waals surface area contributed by atoms with E-state index in [1.165, 1.54) is 19.1 Å². The van der Waals surface area contributed by atoms with Gasteiger partial charge in [-0.2, -0.15) is 0 Å². The van der Waals surface area contributed by atoms with Crippen molar-refractivity contribution in [2.24, 2.45) is 0 Å². The van der Waals surface area contributed by atoms with Crippen LogP contribution >= 0.6 is 0 Å². The van der Waals surface area contributed by atoms with E-state index in [0.717, 1.165) is 6.07 Å². The summed E-state index contributed by atoms with van der Waals surface area (Å²) in [5.41, 5.74) is 0.601. The summed E-state index contributed by atoms with van der Waals surface area (Å²) in [7, 11) is 0. The molecule has 0 aromatic heterocycles. The fraction of sp³-hybridized carbons (Fsp3) is 0.111. The minimum Gasteiger partial charge on any atom is -0.474 e. The summed E-state index contributed by atoms with van der Waals surface area (Å²) >= 11 is 0. The van der Waals surface area contributed by atoms with Crippen LogP contribution in [0.4, 0.5) is 10.1 Å². The molecule has 74 valence electrons. The van der Waals surface area contributed by atoms with Crippen LogP contribution in [-0.2, 0) is 9.59 Å². The summed E-state index contributed by atoms with van der Waals surface area (Å²) in [6.07, 6.45) is 0. The summed E-state index contributed by atoms with van der Waals surface area (Å²) in [6, 6.07) is 3.81. The third-order valence-electron chi connectivity index (χ3n) is 1.61. The minimum atomic E-state index is -1.58. The van der Waals surface area contributed by atoms with Gasteiger partial charge in [0.1, 0.15) is 5.82 Å². The topological polar surface area (TPSA) is 66.4 Å². The maximum atomic E-state index is 12.8. The molecule has 0 fully saturated rings. The van der Waals surface area contributed by atoms with Crippen LogP contribution in [0.3, 0.4) is 0 Å². The summed E-state index contributed by atoms with van der Waals surface area (Å²) in [5.74, 6) is -3.12. The third-order valence-corrected chi connectivity index (χ3v) is 1.61. The van der Waals surface area contributed by atoms with Gasteiger partial charge < -0.3 is 10.4 Å². The highest BCUT2D eigenvalue weighted by Gasteiger charge is 2.11. The van der Waals surface area contributed by atoms with E-state index in [0.29, 0.717) is 5.56 Å². The predicted octanol–water partition coefficient (Wildman–Crippen LogP) is 1.16. The molecule has 0 aliphatic carbocycles. The van der Waals surface area contributed by atoms with Crippen LogP contribution < -0.4 is 5.32 Å². The van der Waals surface area contributed by atoms with Crippen molar-refractivity contribution in [1.29, 1.82) is 0 Å². The number of carbonyl (C=O) groups excluding carboxylic acids is 1. The molecule has 1 aromatic carbocycles. The van der Waals surface area contributed by atoms with Crippen molar-refractivity contribution in [3.63, 3.8) is 0 Å². The molecule has 0 unspecified atom stereocenters. The number of hydrogen-bond donors (Lipinski definition) is 2. The van der Waals surface area contributed by atoms with Crippen molar-refractivity contribution < 1.29 is 19.1 Å². The zero-order chi connectivity index (χ0) is 10.7. The Balaban J connectivity index is 2.83. The van der Waals surface area contributed by atoms with Crippen molar-refractivity contribution in [1.82, 2.24) is 0 Å². The van der Waals surface area contributed by atoms with Crippen LogP contribution in [0.5, 0.6) is 0 Å². The summed E-state index contributed by atoms with van der Waals surface area (Å²) in [5, 5.41) is 10.4. The van der Waals surface area contributed by atoms with Crippen LogP contribution in [0, 0.1) is 12.7 Å². The molecule has 1 rings (SSSR count). The lowest BCUT2D eigenvalue weighted by Crippen LogP contribution is -2.21. The van der Waals surface area contributed by atoms with Crippen molar-refractivity contribution in [3.8, 4) is 0 Å². The summed E-state index contributed by atoms with van der Waals surface area (Å²) < 4.78 is 12.8. The van der Waals surface area contributed by atoms with Gasteiger partial charge in [0.25, 0.3) is 0 Å². The molecule has 14 heavy (non-hydrogen) atoms. The number of benzene rings is 1. The first-order valence-corrected chi connectivity index (χ1v) is 3.81. The quantitative estimate of drug-likeness (QED) is 0.664. The number of nitrogens with one attached hydrogen (secondary N) is 1. The van der Waals surface area contributed by atoms with Crippen LogP contribution in [0.1, 0.15) is 5.56 Å². The first-order valence-electron chi connectivity index (χ1n) is 3.81. The van der Waals surface area contributed by atoms with E-state index in [4.69, 9.17) is 5.11 Å². The number of halogens is 1. The number of aryl methyl sites for hydroxylation is 1. The average molecular weight is 197 g/mol. The zero-order valence-corrected chi connectivity index (χ0v) is 7.37. The minimum absolute atomic E-state index is 0.260. The molecule has 1 aromatic rings. The van der Waals surface area contributed by atoms with Crippen LogP contribution in [0.25, 0.3) is 0 Å².